The molecule has 3 nitrogen and oxygen atoms in total. The summed E-state index contributed by atoms with van der Waals surface area (Å²) >= 11 is 0. The third-order valence-corrected chi connectivity index (χ3v) is 10.8. The van der Waals surface area contributed by atoms with Gasteiger partial charge < -0.3 is 13.7 Å². The fraction of sp³-hybridized carbons (Fsp3) is 0. The molecule has 0 N–H and O–H groups in total. The van der Waals surface area contributed by atoms with Gasteiger partial charge in [-0.3, -0.25) is 0 Å². The highest BCUT2D eigenvalue weighted by molar-refractivity contribution is 6.18. The van der Waals surface area contributed by atoms with Crippen LogP contribution in [0, 0.1) is 0 Å². The number of anilines is 3. The zero-order chi connectivity index (χ0) is 36.3. The second-order valence-electron chi connectivity index (χ2n) is 14.1. The molecular formula is C52H33NO2. The molecule has 0 atom stereocenters. The molecule has 0 bridgehead atoms. The van der Waals surface area contributed by atoms with E-state index in [9.17, 15) is 0 Å². The van der Waals surface area contributed by atoms with Crippen molar-refractivity contribution in [3.05, 3.63) is 200 Å². The minimum Gasteiger partial charge on any atom is -0.455 e. The molecule has 0 aliphatic carbocycles. The molecule has 0 saturated heterocycles. The zero-order valence-corrected chi connectivity index (χ0v) is 29.8. The summed E-state index contributed by atoms with van der Waals surface area (Å²) < 4.78 is 13.8. The van der Waals surface area contributed by atoms with Crippen LogP contribution in [0.2, 0.25) is 0 Å². The first-order valence-corrected chi connectivity index (χ1v) is 18.7. The maximum atomic E-state index is 6.95. The number of hydrogen-bond acceptors (Lipinski definition) is 3. The van der Waals surface area contributed by atoms with Gasteiger partial charge in [-0.1, -0.05) is 146 Å². The normalized spacial score (nSPS) is 11.6. The molecule has 11 aromatic rings. The number of benzene rings is 9. The standard InChI is InChI=1S/C52H33NO2/c1-4-13-34(14-5-1)39-24-27-46-48(32-39)55-52-43(37-18-8-3-9-19-37)29-30-47(50(46)52)53(40-25-23-35-15-10-11-20-38(35)31-40)41-26-28-44-45-22-12-21-42(36-16-6-2-7-17-36)51(45)54-49(44)33-41/h1-33H. The molecule has 0 spiro atoms. The van der Waals surface area contributed by atoms with E-state index in [1.54, 1.807) is 0 Å². The molecule has 0 unspecified atom stereocenters. The lowest BCUT2D eigenvalue weighted by Crippen LogP contribution is -2.10. The van der Waals surface area contributed by atoms with E-state index in [4.69, 9.17) is 8.83 Å². The summed E-state index contributed by atoms with van der Waals surface area (Å²) in [6, 6.07) is 70.8. The second kappa shape index (κ2) is 12.6. The smallest absolute Gasteiger partial charge is 0.145 e. The molecule has 0 amide bonds. The Bertz CT molecular complexity index is 3200. The molecule has 0 aliphatic rings. The highest BCUT2D eigenvalue weighted by Crippen LogP contribution is 2.48. The van der Waals surface area contributed by atoms with Gasteiger partial charge in [-0.2, -0.15) is 0 Å². The molecule has 2 aromatic heterocycles. The van der Waals surface area contributed by atoms with Gasteiger partial charge in [0, 0.05) is 44.7 Å². The van der Waals surface area contributed by atoms with Crippen LogP contribution in [0.3, 0.4) is 0 Å². The monoisotopic (exact) mass is 703 g/mol. The van der Waals surface area contributed by atoms with Crippen molar-refractivity contribution in [2.75, 3.05) is 4.90 Å². The lowest BCUT2D eigenvalue weighted by molar-refractivity contribution is 0.670. The van der Waals surface area contributed by atoms with Crippen molar-refractivity contribution in [2.45, 2.75) is 0 Å². The number of furan rings is 2. The van der Waals surface area contributed by atoms with Crippen molar-refractivity contribution in [1.82, 2.24) is 0 Å². The number of fused-ring (bicyclic) bond motifs is 7. The molecule has 2 heterocycles. The summed E-state index contributed by atoms with van der Waals surface area (Å²) in [6.07, 6.45) is 0. The van der Waals surface area contributed by atoms with Gasteiger partial charge in [0.05, 0.1) is 11.1 Å². The van der Waals surface area contributed by atoms with E-state index in [0.29, 0.717) is 0 Å². The Hall–Kier alpha value is -7.36. The van der Waals surface area contributed by atoms with Gasteiger partial charge in [0.2, 0.25) is 0 Å². The minimum absolute atomic E-state index is 0.836. The lowest BCUT2D eigenvalue weighted by Gasteiger charge is -2.27. The first-order chi connectivity index (χ1) is 27.3. The molecule has 0 aliphatic heterocycles. The van der Waals surface area contributed by atoms with Gasteiger partial charge in [-0.15, -0.1) is 0 Å². The van der Waals surface area contributed by atoms with E-state index in [0.717, 1.165) is 94.3 Å². The summed E-state index contributed by atoms with van der Waals surface area (Å²) in [5, 5.41) is 6.67. The fourth-order valence-electron chi connectivity index (χ4n) is 8.22. The summed E-state index contributed by atoms with van der Waals surface area (Å²) in [5.41, 5.74) is 13.1. The van der Waals surface area contributed by atoms with Crippen molar-refractivity contribution in [2.24, 2.45) is 0 Å². The van der Waals surface area contributed by atoms with E-state index in [-0.39, 0.29) is 0 Å². The Balaban J connectivity index is 1.18. The van der Waals surface area contributed by atoms with Gasteiger partial charge in [0.15, 0.2) is 0 Å². The molecule has 0 saturated carbocycles. The predicted octanol–water partition coefficient (Wildman–Crippen LogP) is 15.1. The zero-order valence-electron chi connectivity index (χ0n) is 29.8. The van der Waals surface area contributed by atoms with Gasteiger partial charge in [-0.05, 0) is 81.6 Å². The Kier molecular flexibility index (Phi) is 7.17. The van der Waals surface area contributed by atoms with Crippen LogP contribution in [0.5, 0.6) is 0 Å². The van der Waals surface area contributed by atoms with E-state index in [2.05, 4.69) is 193 Å². The van der Waals surface area contributed by atoms with Crippen molar-refractivity contribution >= 4 is 71.7 Å². The average Bonchev–Trinajstić information content (AvgIpc) is 3.83. The fourth-order valence-corrected chi connectivity index (χ4v) is 8.22. The summed E-state index contributed by atoms with van der Waals surface area (Å²) in [7, 11) is 0. The highest BCUT2D eigenvalue weighted by atomic mass is 16.3. The van der Waals surface area contributed by atoms with Gasteiger partial charge in [0.25, 0.3) is 0 Å². The maximum Gasteiger partial charge on any atom is 0.145 e. The van der Waals surface area contributed by atoms with Crippen molar-refractivity contribution in [1.29, 1.82) is 0 Å². The molecule has 55 heavy (non-hydrogen) atoms. The lowest BCUT2D eigenvalue weighted by atomic mass is 9.98. The van der Waals surface area contributed by atoms with E-state index >= 15 is 0 Å². The molecular weight excluding hydrogens is 671 g/mol. The number of hydrogen-bond donors (Lipinski definition) is 0. The molecule has 0 fully saturated rings. The van der Waals surface area contributed by atoms with Crippen LogP contribution < -0.4 is 4.90 Å². The molecule has 11 rings (SSSR count). The second-order valence-corrected chi connectivity index (χ2v) is 14.1. The van der Waals surface area contributed by atoms with Crippen LogP contribution in [-0.2, 0) is 0 Å². The molecule has 9 aromatic carbocycles. The molecule has 0 radical (unpaired) electrons. The van der Waals surface area contributed by atoms with Gasteiger partial charge in [-0.25, -0.2) is 0 Å². The SMILES string of the molecule is c1ccc(-c2ccc3c(c2)oc2c(-c4ccccc4)ccc(N(c4ccc5ccccc5c4)c4ccc5c(c4)oc4c(-c6ccccc6)cccc45)c23)cc1. The van der Waals surface area contributed by atoms with Crippen molar-refractivity contribution in [3.63, 3.8) is 0 Å². The largest absolute Gasteiger partial charge is 0.455 e. The minimum atomic E-state index is 0.836. The summed E-state index contributed by atoms with van der Waals surface area (Å²) in [6.45, 7) is 0. The topological polar surface area (TPSA) is 29.5 Å². The van der Waals surface area contributed by atoms with Crippen LogP contribution in [-0.4, -0.2) is 0 Å². The van der Waals surface area contributed by atoms with Crippen LogP contribution in [0.4, 0.5) is 17.1 Å². The van der Waals surface area contributed by atoms with Crippen LogP contribution in [0.25, 0.3) is 88.0 Å². The third-order valence-electron chi connectivity index (χ3n) is 10.8. The Morgan fingerprint density at radius 1 is 0.327 bits per heavy atom. The molecule has 3 heteroatoms. The Morgan fingerprint density at radius 3 is 1.69 bits per heavy atom. The van der Waals surface area contributed by atoms with Crippen LogP contribution >= 0.6 is 0 Å². The van der Waals surface area contributed by atoms with E-state index < -0.39 is 0 Å². The third kappa shape index (κ3) is 5.20. The number of nitrogens with zero attached hydrogens (tertiary/aromatic N) is 1. The van der Waals surface area contributed by atoms with Crippen molar-refractivity contribution < 1.29 is 8.83 Å². The van der Waals surface area contributed by atoms with E-state index in [1.165, 1.54) is 10.8 Å². The predicted molar refractivity (Wildman–Crippen MR) is 229 cm³/mol. The number of para-hydroxylation sites is 1. The number of rotatable bonds is 6. The summed E-state index contributed by atoms with van der Waals surface area (Å²) in [5.74, 6) is 0. The Labute approximate surface area is 317 Å². The Morgan fingerprint density at radius 2 is 0.927 bits per heavy atom. The first kappa shape index (κ1) is 31.2. The van der Waals surface area contributed by atoms with Crippen molar-refractivity contribution in [3.8, 4) is 33.4 Å². The first-order valence-electron chi connectivity index (χ1n) is 18.7. The highest BCUT2D eigenvalue weighted by Gasteiger charge is 2.24. The quantitative estimate of drug-likeness (QED) is 0.173. The van der Waals surface area contributed by atoms with Gasteiger partial charge in [0.1, 0.15) is 22.3 Å². The molecule has 258 valence electrons. The maximum absolute atomic E-state index is 6.95. The summed E-state index contributed by atoms with van der Waals surface area (Å²) in [4.78, 5) is 2.36. The van der Waals surface area contributed by atoms with Gasteiger partial charge >= 0.3 is 0 Å². The van der Waals surface area contributed by atoms with E-state index in [1.807, 2.05) is 12.1 Å². The van der Waals surface area contributed by atoms with Crippen LogP contribution in [0.15, 0.2) is 209 Å². The van der Waals surface area contributed by atoms with Crippen LogP contribution in [0.1, 0.15) is 0 Å². The average molecular weight is 704 g/mol.